The molecule has 35 heavy (non-hydrogen) atoms. The van der Waals surface area contributed by atoms with E-state index in [1.807, 2.05) is 6.07 Å². The maximum Gasteiger partial charge on any atom is 0.220 e. The fraction of sp³-hybridized carbons (Fsp3) is 0.613. The summed E-state index contributed by atoms with van der Waals surface area (Å²) in [6.07, 6.45) is 24.5. The quantitative estimate of drug-likeness (QED) is 0.192. The first kappa shape index (κ1) is 31.4. The van der Waals surface area contributed by atoms with E-state index in [0.717, 1.165) is 19.4 Å². The summed E-state index contributed by atoms with van der Waals surface area (Å²) in [5.41, 5.74) is 1.28. The molecular weight excluding hydrogens is 496 g/mol. The first-order valence-electron chi connectivity index (χ1n) is 14.0. The Kier molecular flexibility index (Phi) is 19.3. The molecule has 1 unspecified atom stereocenters. The molecule has 1 N–H and O–H groups in total. The summed E-state index contributed by atoms with van der Waals surface area (Å²) in [6.45, 7) is 3.25. The van der Waals surface area contributed by atoms with Crippen molar-refractivity contribution in [3.8, 4) is 0 Å². The predicted octanol–water partition coefficient (Wildman–Crippen LogP) is 4.58. The molecule has 1 atom stereocenters. The van der Waals surface area contributed by atoms with Gasteiger partial charge in [0, 0.05) is 31.0 Å². The molecule has 1 aromatic heterocycles. The van der Waals surface area contributed by atoms with Crippen LogP contribution < -0.4 is 26.9 Å². The Labute approximate surface area is 225 Å². The van der Waals surface area contributed by atoms with E-state index in [1.54, 1.807) is 0 Å². The maximum absolute atomic E-state index is 12.1. The number of nitrogens with one attached hydrogen (secondary N) is 1. The SMILES string of the molecule is CC(Cc1ccccc1)NC(=O)CCCCCCCCCCCCCCCC[n+]1ccccc1.[Br-]. The maximum atomic E-state index is 12.1. The summed E-state index contributed by atoms with van der Waals surface area (Å²) in [7, 11) is 0. The highest BCUT2D eigenvalue weighted by atomic mass is 79.9. The van der Waals surface area contributed by atoms with Crippen LogP contribution in [-0.4, -0.2) is 11.9 Å². The summed E-state index contributed by atoms with van der Waals surface area (Å²) < 4.78 is 2.28. The van der Waals surface area contributed by atoms with Crippen LogP contribution in [0, 0.1) is 0 Å². The third-order valence-electron chi connectivity index (χ3n) is 6.64. The molecule has 3 nitrogen and oxygen atoms in total. The topological polar surface area (TPSA) is 33.0 Å². The van der Waals surface area contributed by atoms with Gasteiger partial charge in [-0.15, -0.1) is 0 Å². The number of benzene rings is 1. The lowest BCUT2D eigenvalue weighted by Gasteiger charge is -2.14. The Bertz CT molecular complexity index is 738. The van der Waals surface area contributed by atoms with Crippen LogP contribution in [0.5, 0.6) is 0 Å². The van der Waals surface area contributed by atoms with Crippen molar-refractivity contribution in [1.82, 2.24) is 5.32 Å². The third kappa shape index (κ3) is 17.4. The standard InChI is InChI=1S/C31H48N2O.BrH/c1-29(28-30-22-16-14-17-23-30)32-31(34)24-18-12-10-8-6-4-2-3-5-7-9-11-13-19-25-33-26-20-15-21-27-33;/h14-17,20-23,26-27,29H,2-13,18-19,24-25,28H2,1H3;1H. The largest absolute Gasteiger partial charge is 1.00 e. The molecule has 0 radical (unpaired) electrons. The average Bonchev–Trinajstić information content (AvgIpc) is 2.85. The van der Waals surface area contributed by atoms with Crippen LogP contribution in [0.1, 0.15) is 109 Å². The van der Waals surface area contributed by atoms with E-state index >= 15 is 0 Å². The Balaban J connectivity index is 0.00000612. The summed E-state index contributed by atoms with van der Waals surface area (Å²) in [4.78, 5) is 12.1. The van der Waals surface area contributed by atoms with Crippen LogP contribution >= 0.6 is 0 Å². The highest BCUT2D eigenvalue weighted by Gasteiger charge is 2.07. The number of aryl methyl sites for hydroxylation is 1. The summed E-state index contributed by atoms with van der Waals surface area (Å²) >= 11 is 0. The number of carbonyl (C=O) groups excluding carboxylic acids is 1. The lowest BCUT2D eigenvalue weighted by atomic mass is 10.0. The van der Waals surface area contributed by atoms with Gasteiger partial charge in [-0.05, 0) is 31.7 Å². The van der Waals surface area contributed by atoms with Crippen molar-refractivity contribution in [2.75, 3.05) is 0 Å². The van der Waals surface area contributed by atoms with Crippen molar-refractivity contribution in [3.05, 3.63) is 66.5 Å². The van der Waals surface area contributed by atoms with Gasteiger partial charge in [-0.3, -0.25) is 4.79 Å². The Hall–Kier alpha value is -1.68. The number of aromatic nitrogens is 1. The van der Waals surface area contributed by atoms with Crippen molar-refractivity contribution in [2.24, 2.45) is 0 Å². The molecule has 0 aliphatic rings. The number of halogens is 1. The van der Waals surface area contributed by atoms with Crippen molar-refractivity contribution in [2.45, 2.75) is 122 Å². The molecule has 0 spiro atoms. The number of nitrogens with zero attached hydrogens (tertiary/aromatic N) is 1. The zero-order valence-corrected chi connectivity index (χ0v) is 23.7. The van der Waals surface area contributed by atoms with Gasteiger partial charge in [-0.2, -0.15) is 0 Å². The summed E-state index contributed by atoms with van der Waals surface area (Å²) in [5, 5.41) is 3.14. The molecule has 1 heterocycles. The first-order valence-corrected chi connectivity index (χ1v) is 14.0. The second-order valence-corrected chi connectivity index (χ2v) is 9.97. The van der Waals surface area contributed by atoms with E-state index in [0.29, 0.717) is 6.42 Å². The van der Waals surface area contributed by atoms with Gasteiger partial charge >= 0.3 is 0 Å². The van der Waals surface area contributed by atoms with Crippen LogP contribution in [0.3, 0.4) is 0 Å². The van der Waals surface area contributed by atoms with E-state index in [2.05, 4.69) is 71.7 Å². The molecule has 0 fully saturated rings. The fourth-order valence-electron chi connectivity index (χ4n) is 4.65. The van der Waals surface area contributed by atoms with Gasteiger partial charge in [0.15, 0.2) is 12.4 Å². The van der Waals surface area contributed by atoms with Crippen molar-refractivity contribution in [1.29, 1.82) is 0 Å². The van der Waals surface area contributed by atoms with Gasteiger partial charge in [0.1, 0.15) is 6.54 Å². The Morgan fingerprint density at radius 2 is 1.14 bits per heavy atom. The molecule has 196 valence electrons. The monoisotopic (exact) mass is 544 g/mol. The Morgan fingerprint density at radius 1 is 0.686 bits per heavy atom. The van der Waals surface area contributed by atoms with Gasteiger partial charge in [0.25, 0.3) is 0 Å². The first-order chi connectivity index (χ1) is 16.7. The van der Waals surface area contributed by atoms with Crippen LogP contribution in [0.4, 0.5) is 0 Å². The van der Waals surface area contributed by atoms with Crippen molar-refractivity contribution < 1.29 is 26.3 Å². The van der Waals surface area contributed by atoms with Gasteiger partial charge in [-0.25, -0.2) is 4.57 Å². The van der Waals surface area contributed by atoms with Crippen LogP contribution in [0.15, 0.2) is 60.9 Å². The molecule has 0 saturated heterocycles. The highest BCUT2D eigenvalue weighted by molar-refractivity contribution is 5.76. The number of pyridine rings is 1. The van der Waals surface area contributed by atoms with E-state index in [-0.39, 0.29) is 28.9 Å². The number of rotatable bonds is 20. The number of unbranched alkanes of at least 4 members (excludes halogenated alkanes) is 13. The van der Waals surface area contributed by atoms with Crippen molar-refractivity contribution >= 4 is 5.91 Å². The molecule has 0 aliphatic heterocycles. The van der Waals surface area contributed by atoms with Crippen LogP contribution in [0.2, 0.25) is 0 Å². The van der Waals surface area contributed by atoms with E-state index in [4.69, 9.17) is 0 Å². The summed E-state index contributed by atoms with van der Waals surface area (Å²) in [6, 6.07) is 16.9. The lowest BCUT2D eigenvalue weighted by Crippen LogP contribution is -3.00. The second-order valence-electron chi connectivity index (χ2n) is 9.97. The minimum absolute atomic E-state index is 0. The van der Waals surface area contributed by atoms with Gasteiger partial charge in [-0.1, -0.05) is 107 Å². The molecule has 2 aromatic rings. The molecule has 4 heteroatoms. The molecule has 0 saturated carbocycles. The third-order valence-corrected chi connectivity index (χ3v) is 6.64. The van der Waals surface area contributed by atoms with E-state index in [1.165, 1.54) is 89.0 Å². The van der Waals surface area contributed by atoms with Crippen LogP contribution in [0.25, 0.3) is 0 Å². The molecule has 1 amide bonds. The molecule has 2 rings (SSSR count). The second kappa shape index (κ2) is 21.6. The minimum atomic E-state index is 0. The predicted molar refractivity (Wildman–Crippen MR) is 144 cm³/mol. The zero-order valence-electron chi connectivity index (χ0n) is 22.1. The van der Waals surface area contributed by atoms with Crippen molar-refractivity contribution in [3.63, 3.8) is 0 Å². The number of amides is 1. The number of carbonyl (C=O) groups is 1. The fourth-order valence-corrected chi connectivity index (χ4v) is 4.65. The van der Waals surface area contributed by atoms with E-state index in [9.17, 15) is 4.79 Å². The molecule has 0 aliphatic carbocycles. The normalized spacial score (nSPS) is 11.6. The lowest BCUT2D eigenvalue weighted by molar-refractivity contribution is -0.697. The zero-order chi connectivity index (χ0) is 24.1. The number of hydrogen-bond donors (Lipinski definition) is 1. The minimum Gasteiger partial charge on any atom is -1.00 e. The average molecular weight is 546 g/mol. The highest BCUT2D eigenvalue weighted by Crippen LogP contribution is 2.13. The smallest absolute Gasteiger partial charge is 0.220 e. The number of hydrogen-bond acceptors (Lipinski definition) is 1. The molecule has 0 bridgehead atoms. The molecule has 1 aromatic carbocycles. The summed E-state index contributed by atoms with van der Waals surface area (Å²) in [5.74, 6) is 0.207. The Morgan fingerprint density at radius 3 is 1.69 bits per heavy atom. The molecular formula is C31H49BrN2O. The van der Waals surface area contributed by atoms with Gasteiger partial charge in [0.2, 0.25) is 5.91 Å². The van der Waals surface area contributed by atoms with Crippen LogP contribution in [-0.2, 0) is 17.8 Å². The van der Waals surface area contributed by atoms with E-state index < -0.39 is 0 Å². The van der Waals surface area contributed by atoms with Gasteiger partial charge in [0.05, 0.1) is 0 Å². The van der Waals surface area contributed by atoms with Gasteiger partial charge < -0.3 is 22.3 Å².